The van der Waals surface area contributed by atoms with E-state index >= 15 is 0 Å². The Morgan fingerprint density at radius 3 is 3.14 bits per heavy atom. The summed E-state index contributed by atoms with van der Waals surface area (Å²) in [6.07, 6.45) is 1.61. The van der Waals surface area contributed by atoms with Crippen molar-refractivity contribution >= 4 is 18.0 Å². The molecule has 0 radical (unpaired) electrons. The van der Waals surface area contributed by atoms with Gasteiger partial charge in [-0.3, -0.25) is 0 Å². The number of halogens is 1. The van der Waals surface area contributed by atoms with Crippen LogP contribution in [0.25, 0.3) is 0 Å². The lowest BCUT2D eigenvalue weighted by Gasteiger charge is -2.30. The first-order chi connectivity index (χ1) is 10.2. The fourth-order valence-electron chi connectivity index (χ4n) is 2.55. The van der Waals surface area contributed by atoms with Gasteiger partial charge < -0.3 is 15.0 Å². The molecule has 0 saturated heterocycles. The van der Waals surface area contributed by atoms with Crippen LogP contribution in [0, 0.1) is 5.82 Å². The number of fused-ring (bicyclic) bond motifs is 4. The molecule has 1 N–H and O–H groups in total. The fraction of sp³-hybridized carbons (Fsp3) is 0.333. The maximum atomic E-state index is 13.4. The smallest absolute Gasteiger partial charge is 0.357 e. The lowest BCUT2D eigenvalue weighted by Crippen LogP contribution is -2.36. The predicted octanol–water partition coefficient (Wildman–Crippen LogP) is 1.59. The molecule has 1 aromatic carbocycles. The van der Waals surface area contributed by atoms with Crippen molar-refractivity contribution in [3.63, 3.8) is 0 Å². The number of hydrogen-bond acceptors (Lipinski definition) is 5. The highest BCUT2D eigenvalue weighted by atomic mass is 19.1. The minimum Gasteiger partial charge on any atom is -0.461 e. The summed E-state index contributed by atoms with van der Waals surface area (Å²) in [4.78, 5) is 18.0. The first-order valence-corrected chi connectivity index (χ1v) is 6.88. The molecule has 0 aromatic heterocycles. The van der Waals surface area contributed by atoms with Gasteiger partial charge in [0.05, 0.1) is 12.9 Å². The molecule has 2 heterocycles. The number of ether oxygens (including phenoxy) is 1. The van der Waals surface area contributed by atoms with Crippen molar-refractivity contribution in [2.45, 2.75) is 13.5 Å². The highest BCUT2D eigenvalue weighted by Crippen LogP contribution is 2.26. The summed E-state index contributed by atoms with van der Waals surface area (Å²) in [6.45, 7) is 3.70. The van der Waals surface area contributed by atoms with Gasteiger partial charge in [0.1, 0.15) is 5.82 Å². The Kier molecular flexibility index (Phi) is 3.70. The van der Waals surface area contributed by atoms with Crippen molar-refractivity contribution in [2.75, 3.05) is 24.6 Å². The van der Waals surface area contributed by atoms with Gasteiger partial charge in [-0.15, -0.1) is 0 Å². The summed E-state index contributed by atoms with van der Waals surface area (Å²) in [5.74, 6) is -0.654. The highest BCUT2D eigenvalue weighted by Gasteiger charge is 2.25. The van der Waals surface area contributed by atoms with E-state index in [0.29, 0.717) is 31.9 Å². The number of rotatable bonds is 2. The van der Waals surface area contributed by atoms with Crippen LogP contribution in [0.15, 0.2) is 34.5 Å². The Morgan fingerprint density at radius 1 is 1.48 bits per heavy atom. The van der Waals surface area contributed by atoms with Gasteiger partial charge in [-0.1, -0.05) is 0 Å². The first-order valence-electron chi connectivity index (χ1n) is 6.88. The van der Waals surface area contributed by atoms with Crippen LogP contribution < -0.4 is 10.2 Å². The third-order valence-electron chi connectivity index (χ3n) is 3.50. The topological polar surface area (TPSA) is 53.9 Å². The van der Waals surface area contributed by atoms with Crippen LogP contribution in [-0.2, 0) is 16.1 Å². The molecule has 6 heteroatoms. The number of carbonyl (C=O) groups is 1. The molecule has 21 heavy (non-hydrogen) atoms. The van der Waals surface area contributed by atoms with Crippen LogP contribution in [0.3, 0.4) is 0 Å². The summed E-state index contributed by atoms with van der Waals surface area (Å²) < 4.78 is 18.4. The van der Waals surface area contributed by atoms with Gasteiger partial charge in [-0.25, -0.2) is 14.2 Å². The number of hydrogen-bond donors (Lipinski definition) is 1. The zero-order valence-electron chi connectivity index (χ0n) is 11.7. The Labute approximate surface area is 122 Å². The quantitative estimate of drug-likeness (QED) is 0.840. The Hall–Kier alpha value is -2.21. The first kappa shape index (κ1) is 13.8. The van der Waals surface area contributed by atoms with Crippen molar-refractivity contribution in [1.82, 2.24) is 5.32 Å². The minimum atomic E-state index is -0.398. The molecule has 2 aliphatic heterocycles. The monoisotopic (exact) mass is 289 g/mol. The van der Waals surface area contributed by atoms with Crippen molar-refractivity contribution in [2.24, 2.45) is 4.99 Å². The van der Waals surface area contributed by atoms with Crippen molar-refractivity contribution < 1.29 is 13.9 Å². The van der Waals surface area contributed by atoms with E-state index in [1.165, 1.54) is 12.1 Å². The molecule has 5 nitrogen and oxygen atoms in total. The summed E-state index contributed by atoms with van der Waals surface area (Å²) in [7, 11) is 0. The van der Waals surface area contributed by atoms with E-state index < -0.39 is 5.97 Å². The SMILES string of the molecule is CCOC(=O)C1=C2CNCc3cc(F)ccc3N(C=N1)C2. The molecule has 0 fully saturated rings. The van der Waals surface area contributed by atoms with E-state index in [1.54, 1.807) is 19.3 Å². The molecule has 1 aromatic rings. The standard InChI is InChI=1S/C15H16FN3O2/c1-2-21-15(20)14-11-7-17-6-10-5-12(16)3-4-13(10)19(8-11)9-18-14/h3-5,9,17H,2,6-8H2,1H3. The van der Waals surface area contributed by atoms with Crippen LogP contribution in [0.2, 0.25) is 0 Å². The predicted molar refractivity (Wildman–Crippen MR) is 77.6 cm³/mol. The number of nitrogens with one attached hydrogen (secondary N) is 1. The van der Waals surface area contributed by atoms with Crippen LogP contribution in [0.4, 0.5) is 10.1 Å². The van der Waals surface area contributed by atoms with E-state index in [0.717, 1.165) is 16.8 Å². The molecular weight excluding hydrogens is 273 g/mol. The zero-order valence-corrected chi connectivity index (χ0v) is 11.7. The molecule has 110 valence electrons. The molecule has 0 spiro atoms. The average molecular weight is 289 g/mol. The lowest BCUT2D eigenvalue weighted by molar-refractivity contribution is -0.138. The van der Waals surface area contributed by atoms with Crippen LogP contribution in [0.5, 0.6) is 0 Å². The van der Waals surface area contributed by atoms with E-state index in [-0.39, 0.29) is 5.82 Å². The number of aliphatic imine (C=N–C) groups is 1. The van der Waals surface area contributed by atoms with Crippen molar-refractivity contribution in [3.05, 3.63) is 40.8 Å². The van der Waals surface area contributed by atoms with Crippen molar-refractivity contribution in [1.29, 1.82) is 0 Å². The van der Waals surface area contributed by atoms with Gasteiger partial charge in [0, 0.05) is 25.3 Å². The third-order valence-corrected chi connectivity index (χ3v) is 3.50. The number of benzene rings is 1. The second kappa shape index (κ2) is 5.65. The number of nitrogens with zero attached hydrogens (tertiary/aromatic N) is 2. The molecule has 0 saturated carbocycles. The summed E-state index contributed by atoms with van der Waals surface area (Å²) in [5, 5.41) is 3.22. The largest absolute Gasteiger partial charge is 0.461 e. The Balaban J connectivity index is 1.95. The van der Waals surface area contributed by atoms with Gasteiger partial charge in [-0.05, 0) is 36.3 Å². The van der Waals surface area contributed by atoms with E-state index in [4.69, 9.17) is 4.74 Å². The molecule has 2 bridgehead atoms. The van der Waals surface area contributed by atoms with E-state index in [1.807, 2.05) is 4.90 Å². The molecular formula is C15H16FN3O2. The molecule has 3 rings (SSSR count). The maximum Gasteiger partial charge on any atom is 0.357 e. The van der Waals surface area contributed by atoms with E-state index in [9.17, 15) is 9.18 Å². The number of anilines is 1. The molecule has 0 amide bonds. The average Bonchev–Trinajstić information content (AvgIpc) is 2.46. The number of esters is 1. The van der Waals surface area contributed by atoms with E-state index in [2.05, 4.69) is 10.3 Å². The molecule has 0 atom stereocenters. The van der Waals surface area contributed by atoms with Gasteiger partial charge in [-0.2, -0.15) is 0 Å². The van der Waals surface area contributed by atoms with Crippen molar-refractivity contribution in [3.8, 4) is 0 Å². The third kappa shape index (κ3) is 2.67. The zero-order chi connectivity index (χ0) is 14.8. The summed E-state index contributed by atoms with van der Waals surface area (Å²) in [5.41, 5.74) is 3.02. The van der Waals surface area contributed by atoms with Gasteiger partial charge in [0.25, 0.3) is 0 Å². The summed E-state index contributed by atoms with van der Waals surface area (Å²) in [6, 6.07) is 4.68. The summed E-state index contributed by atoms with van der Waals surface area (Å²) >= 11 is 0. The molecule has 0 aliphatic carbocycles. The molecule has 2 aliphatic rings. The van der Waals surface area contributed by atoms with Gasteiger partial charge >= 0.3 is 5.97 Å². The van der Waals surface area contributed by atoms with Gasteiger partial charge in [0.15, 0.2) is 5.70 Å². The van der Waals surface area contributed by atoms with Crippen LogP contribution in [-0.4, -0.2) is 32.0 Å². The minimum absolute atomic E-state index is 0.256. The van der Waals surface area contributed by atoms with Crippen LogP contribution in [0.1, 0.15) is 12.5 Å². The second-order valence-corrected chi connectivity index (χ2v) is 4.92. The van der Waals surface area contributed by atoms with Crippen LogP contribution >= 0.6 is 0 Å². The molecule has 0 unspecified atom stereocenters. The van der Waals surface area contributed by atoms with Gasteiger partial charge in [0.2, 0.25) is 0 Å². The Morgan fingerprint density at radius 2 is 2.33 bits per heavy atom. The second-order valence-electron chi connectivity index (χ2n) is 4.92. The lowest BCUT2D eigenvalue weighted by atomic mass is 10.1. The highest BCUT2D eigenvalue weighted by molar-refractivity contribution is 5.95. The Bertz CT molecular complexity index is 640. The fourth-order valence-corrected chi connectivity index (χ4v) is 2.55. The maximum absolute atomic E-state index is 13.4. The normalized spacial score (nSPS) is 17.1. The number of carbonyl (C=O) groups excluding carboxylic acids is 1.